The number of alkyl halides is 3. The molecule has 196 valence electrons. The number of nitrogens with two attached hydrogens (primary N) is 1. The Bertz CT molecular complexity index is 1220. The van der Waals surface area contributed by atoms with Crippen molar-refractivity contribution in [3.8, 4) is 6.07 Å². The number of nitriles is 1. The fraction of sp³-hybridized carbons (Fsp3) is 0.393. The fourth-order valence-electron chi connectivity index (χ4n) is 4.18. The Hall–Kier alpha value is -3.51. The van der Waals surface area contributed by atoms with Gasteiger partial charge in [0.25, 0.3) is 5.91 Å². The number of carbonyl (C=O) groups excluding carboxylic acids is 1. The zero-order chi connectivity index (χ0) is 27.2. The van der Waals surface area contributed by atoms with Crippen molar-refractivity contribution in [3.63, 3.8) is 0 Å². The van der Waals surface area contributed by atoms with Gasteiger partial charge in [0.1, 0.15) is 11.5 Å². The molecule has 1 aliphatic carbocycles. The molecule has 1 fully saturated rings. The molecule has 1 saturated carbocycles. The molecule has 0 saturated heterocycles. The van der Waals surface area contributed by atoms with Gasteiger partial charge < -0.3 is 11.1 Å². The number of nitrogens with zero attached hydrogens (tertiary/aromatic N) is 2. The first kappa shape index (κ1) is 28.1. The van der Waals surface area contributed by atoms with Crippen LogP contribution < -0.4 is 11.1 Å². The van der Waals surface area contributed by atoms with Gasteiger partial charge in [0, 0.05) is 12.6 Å². The highest BCUT2D eigenvalue weighted by Gasteiger charge is 2.35. The van der Waals surface area contributed by atoms with Gasteiger partial charge in [-0.3, -0.25) is 9.79 Å². The van der Waals surface area contributed by atoms with Crippen molar-refractivity contribution >= 4 is 17.3 Å². The summed E-state index contributed by atoms with van der Waals surface area (Å²) in [5.41, 5.74) is 6.05. The van der Waals surface area contributed by atoms with Gasteiger partial charge in [0.15, 0.2) is 0 Å². The molecule has 1 aliphatic rings. The fourth-order valence-corrected chi connectivity index (χ4v) is 4.18. The van der Waals surface area contributed by atoms with Gasteiger partial charge >= 0.3 is 6.18 Å². The Kier molecular flexibility index (Phi) is 8.87. The molecule has 1 amide bonds. The number of hydrogen-bond donors (Lipinski definition) is 2. The van der Waals surface area contributed by atoms with Crippen LogP contribution in [0, 0.1) is 23.1 Å². The second kappa shape index (κ2) is 11.7. The highest BCUT2D eigenvalue weighted by Crippen LogP contribution is 2.40. The van der Waals surface area contributed by atoms with Crippen molar-refractivity contribution in [1.82, 2.24) is 0 Å². The monoisotopic (exact) mass is 514 g/mol. The number of allylic oxidation sites excluding steroid dienone is 1. The summed E-state index contributed by atoms with van der Waals surface area (Å²) in [6, 6.07) is 13.0. The number of nitrogens with one attached hydrogen (secondary N) is 1. The third kappa shape index (κ3) is 7.04. The third-order valence-electron chi connectivity index (χ3n) is 6.57. The van der Waals surface area contributed by atoms with Crippen molar-refractivity contribution < 1.29 is 22.4 Å². The highest BCUT2D eigenvalue weighted by molar-refractivity contribution is 6.47. The van der Waals surface area contributed by atoms with E-state index in [9.17, 15) is 22.4 Å². The van der Waals surface area contributed by atoms with Gasteiger partial charge in [-0.2, -0.15) is 18.4 Å². The normalized spacial score (nSPS) is 16.2. The SMILES string of the molecule is CCC/C(=C\C(=NC)C(=O)Nc1cc(C(N)(CCC2CC2)c2ccc(C#N)cc2)ccc1F)C(F)(F)F. The van der Waals surface area contributed by atoms with Crippen LogP contribution in [0.5, 0.6) is 0 Å². The molecular formula is C28H30F4N4O. The van der Waals surface area contributed by atoms with Gasteiger partial charge in [-0.25, -0.2) is 4.39 Å². The molecule has 0 aromatic heterocycles. The predicted octanol–water partition coefficient (Wildman–Crippen LogP) is 6.39. The summed E-state index contributed by atoms with van der Waals surface area (Å²) in [5, 5.41) is 11.5. The number of carbonyl (C=O) groups is 1. The molecule has 0 radical (unpaired) electrons. The maximum atomic E-state index is 14.8. The number of aliphatic imine (C=N–C) groups is 1. The van der Waals surface area contributed by atoms with Crippen molar-refractivity contribution in [2.75, 3.05) is 12.4 Å². The number of rotatable bonds is 10. The summed E-state index contributed by atoms with van der Waals surface area (Å²) in [7, 11) is 1.20. The van der Waals surface area contributed by atoms with Crippen LogP contribution in [0.25, 0.3) is 0 Å². The highest BCUT2D eigenvalue weighted by atomic mass is 19.4. The van der Waals surface area contributed by atoms with E-state index in [1.807, 2.05) is 0 Å². The molecule has 1 atom stereocenters. The molecule has 2 aromatic carbocycles. The van der Waals surface area contributed by atoms with Gasteiger partial charge in [-0.1, -0.05) is 44.4 Å². The standard InChI is InChI=1S/C28H30F4N4O/c1-3-4-22(28(30,31)32)16-25(35-2)26(37)36-24-15-21(11-12-23(24)29)27(34,14-13-18-5-6-18)20-9-7-19(17-33)8-10-20/h7-12,15-16,18H,3-6,13-14,34H2,1-2H3,(H,36,37)/b22-16+,35-25?. The van der Waals surface area contributed by atoms with Crippen LogP contribution in [-0.2, 0) is 10.3 Å². The van der Waals surface area contributed by atoms with Gasteiger partial charge in [-0.05, 0) is 66.6 Å². The topological polar surface area (TPSA) is 91.3 Å². The second-order valence-electron chi connectivity index (χ2n) is 9.32. The lowest BCUT2D eigenvalue weighted by atomic mass is 9.79. The van der Waals surface area contributed by atoms with Crippen LogP contribution >= 0.6 is 0 Å². The van der Waals surface area contributed by atoms with E-state index in [0.717, 1.165) is 24.8 Å². The molecule has 1 unspecified atom stereocenters. The van der Waals surface area contributed by atoms with E-state index >= 15 is 0 Å². The van der Waals surface area contributed by atoms with E-state index in [1.54, 1.807) is 31.2 Å². The third-order valence-corrected chi connectivity index (χ3v) is 6.57. The first-order chi connectivity index (χ1) is 17.5. The van der Waals surface area contributed by atoms with Crippen molar-refractivity contribution in [2.45, 2.75) is 57.2 Å². The zero-order valence-corrected chi connectivity index (χ0v) is 20.8. The summed E-state index contributed by atoms with van der Waals surface area (Å²) in [4.78, 5) is 16.5. The largest absolute Gasteiger partial charge is 0.412 e. The molecule has 3 N–H and O–H groups in total. The Labute approximate surface area is 214 Å². The van der Waals surface area contributed by atoms with Crippen LogP contribution in [0.2, 0.25) is 0 Å². The van der Waals surface area contributed by atoms with E-state index in [1.165, 1.54) is 25.2 Å². The molecule has 3 rings (SSSR count). The molecule has 2 aromatic rings. The maximum Gasteiger partial charge on any atom is 0.412 e. The lowest BCUT2D eigenvalue weighted by Crippen LogP contribution is -2.38. The molecule has 0 aliphatic heterocycles. The number of benzene rings is 2. The summed E-state index contributed by atoms with van der Waals surface area (Å²) in [6.07, 6.45) is -0.309. The number of amides is 1. The maximum absolute atomic E-state index is 14.8. The van der Waals surface area contributed by atoms with E-state index in [4.69, 9.17) is 11.0 Å². The minimum Gasteiger partial charge on any atom is -0.318 e. The van der Waals surface area contributed by atoms with Crippen LogP contribution in [0.1, 0.15) is 62.1 Å². The number of halogens is 4. The van der Waals surface area contributed by atoms with Crippen molar-refractivity contribution in [1.29, 1.82) is 5.26 Å². The Balaban J connectivity index is 1.95. The second-order valence-corrected chi connectivity index (χ2v) is 9.32. The zero-order valence-electron chi connectivity index (χ0n) is 20.8. The average molecular weight is 515 g/mol. The van der Waals surface area contributed by atoms with Gasteiger partial charge in [-0.15, -0.1) is 0 Å². The van der Waals surface area contributed by atoms with E-state index in [0.29, 0.717) is 29.5 Å². The first-order valence-electron chi connectivity index (χ1n) is 12.2. The number of hydrogen-bond acceptors (Lipinski definition) is 4. The minimum atomic E-state index is -4.61. The summed E-state index contributed by atoms with van der Waals surface area (Å²) in [6.45, 7) is 1.60. The molecular weight excluding hydrogens is 484 g/mol. The summed E-state index contributed by atoms with van der Waals surface area (Å²) < 4.78 is 54.8. The summed E-state index contributed by atoms with van der Waals surface area (Å²) in [5.74, 6) is -1.15. The summed E-state index contributed by atoms with van der Waals surface area (Å²) >= 11 is 0. The Morgan fingerprint density at radius 3 is 2.38 bits per heavy atom. The lowest BCUT2D eigenvalue weighted by molar-refractivity contribution is -0.110. The Morgan fingerprint density at radius 1 is 1.19 bits per heavy atom. The van der Waals surface area contributed by atoms with Crippen LogP contribution in [-0.4, -0.2) is 24.8 Å². The first-order valence-corrected chi connectivity index (χ1v) is 12.2. The van der Waals surface area contributed by atoms with Crippen LogP contribution in [0.15, 0.2) is 59.1 Å². The predicted molar refractivity (Wildman–Crippen MR) is 136 cm³/mol. The quantitative estimate of drug-likeness (QED) is 0.284. The van der Waals surface area contributed by atoms with Crippen LogP contribution in [0.4, 0.5) is 23.2 Å². The van der Waals surface area contributed by atoms with Gasteiger partial charge in [0.2, 0.25) is 0 Å². The Morgan fingerprint density at radius 2 is 1.84 bits per heavy atom. The van der Waals surface area contributed by atoms with E-state index in [-0.39, 0.29) is 18.5 Å². The lowest BCUT2D eigenvalue weighted by Gasteiger charge is -2.31. The van der Waals surface area contributed by atoms with E-state index < -0.39 is 34.7 Å². The molecule has 37 heavy (non-hydrogen) atoms. The smallest absolute Gasteiger partial charge is 0.318 e. The minimum absolute atomic E-state index is 0.212. The molecule has 0 bridgehead atoms. The molecule has 5 nitrogen and oxygen atoms in total. The number of anilines is 1. The van der Waals surface area contributed by atoms with Crippen LogP contribution in [0.3, 0.4) is 0 Å². The van der Waals surface area contributed by atoms with E-state index in [2.05, 4.69) is 16.4 Å². The molecule has 0 spiro atoms. The van der Waals surface area contributed by atoms with Gasteiger partial charge in [0.05, 0.1) is 22.9 Å². The average Bonchev–Trinajstić information content (AvgIpc) is 3.70. The van der Waals surface area contributed by atoms with Crippen molar-refractivity contribution in [2.24, 2.45) is 16.6 Å². The molecule has 9 heteroatoms. The molecule has 0 heterocycles. The van der Waals surface area contributed by atoms with Crippen molar-refractivity contribution in [3.05, 3.63) is 76.6 Å².